The zero-order chi connectivity index (χ0) is 13.9. The SMILES string of the molecule is Cc1cccc(Cn2nnnc2-c2cccc(N)c2)c1. The van der Waals surface area contributed by atoms with Crippen LogP contribution in [0.4, 0.5) is 5.69 Å². The molecule has 5 heteroatoms. The lowest BCUT2D eigenvalue weighted by Crippen LogP contribution is -2.04. The molecule has 0 aliphatic rings. The van der Waals surface area contributed by atoms with Crippen molar-refractivity contribution in [3.8, 4) is 11.4 Å². The standard InChI is InChI=1S/C15H15N5/c1-11-4-2-5-12(8-11)10-20-15(17-18-19-20)13-6-3-7-14(16)9-13/h2-9H,10,16H2,1H3. The zero-order valence-electron chi connectivity index (χ0n) is 11.2. The Morgan fingerprint density at radius 3 is 2.75 bits per heavy atom. The molecule has 3 rings (SSSR count). The molecule has 0 atom stereocenters. The summed E-state index contributed by atoms with van der Waals surface area (Å²) in [5.74, 6) is 0.721. The first-order valence-corrected chi connectivity index (χ1v) is 6.40. The molecule has 2 N–H and O–H groups in total. The summed E-state index contributed by atoms with van der Waals surface area (Å²) in [5.41, 5.74) is 9.82. The van der Waals surface area contributed by atoms with E-state index < -0.39 is 0 Å². The third-order valence-corrected chi connectivity index (χ3v) is 3.09. The molecule has 5 nitrogen and oxygen atoms in total. The number of nitrogens with zero attached hydrogens (tertiary/aromatic N) is 4. The highest BCUT2D eigenvalue weighted by Crippen LogP contribution is 2.19. The number of tetrazole rings is 1. The highest BCUT2D eigenvalue weighted by molar-refractivity contribution is 5.60. The molecule has 1 aromatic heterocycles. The van der Waals surface area contributed by atoms with Crippen LogP contribution in [0.15, 0.2) is 48.5 Å². The van der Waals surface area contributed by atoms with Crippen LogP contribution in [0.25, 0.3) is 11.4 Å². The van der Waals surface area contributed by atoms with Gasteiger partial charge in [0.15, 0.2) is 5.82 Å². The van der Waals surface area contributed by atoms with Gasteiger partial charge in [0.2, 0.25) is 0 Å². The number of rotatable bonds is 3. The largest absolute Gasteiger partial charge is 0.399 e. The molecule has 0 fully saturated rings. The first-order valence-electron chi connectivity index (χ1n) is 6.40. The van der Waals surface area contributed by atoms with E-state index in [0.717, 1.165) is 11.4 Å². The lowest BCUT2D eigenvalue weighted by molar-refractivity contribution is 0.653. The summed E-state index contributed by atoms with van der Waals surface area (Å²) in [5, 5.41) is 11.9. The minimum Gasteiger partial charge on any atom is -0.399 e. The molecule has 0 aliphatic heterocycles. The smallest absolute Gasteiger partial charge is 0.182 e. The molecule has 0 saturated carbocycles. The number of nitrogen functional groups attached to an aromatic ring is 1. The molecule has 0 amide bonds. The molecular formula is C15H15N5. The third kappa shape index (κ3) is 2.51. The minimum atomic E-state index is 0.638. The topological polar surface area (TPSA) is 69.6 Å². The Labute approximate surface area is 117 Å². The van der Waals surface area contributed by atoms with Gasteiger partial charge in [-0.3, -0.25) is 0 Å². The van der Waals surface area contributed by atoms with Crippen molar-refractivity contribution in [3.05, 3.63) is 59.7 Å². The number of nitrogens with two attached hydrogens (primary N) is 1. The Bertz CT molecular complexity index is 732. The summed E-state index contributed by atoms with van der Waals surface area (Å²) in [4.78, 5) is 0. The molecule has 0 saturated heterocycles. The van der Waals surface area contributed by atoms with Crippen LogP contribution in [-0.4, -0.2) is 20.2 Å². The van der Waals surface area contributed by atoms with Gasteiger partial charge in [0.1, 0.15) is 0 Å². The number of aromatic nitrogens is 4. The third-order valence-electron chi connectivity index (χ3n) is 3.09. The van der Waals surface area contributed by atoms with Gasteiger partial charge in [0, 0.05) is 11.3 Å². The predicted octanol–water partition coefficient (Wildman–Crippen LogP) is 2.28. The van der Waals surface area contributed by atoms with Gasteiger partial charge in [0.25, 0.3) is 0 Å². The fourth-order valence-corrected chi connectivity index (χ4v) is 2.18. The summed E-state index contributed by atoms with van der Waals surface area (Å²) in [6.45, 7) is 2.71. The van der Waals surface area contributed by atoms with E-state index in [1.807, 2.05) is 30.3 Å². The van der Waals surface area contributed by atoms with Crippen LogP contribution in [0, 0.1) is 6.92 Å². The van der Waals surface area contributed by atoms with Gasteiger partial charge in [-0.2, -0.15) is 0 Å². The average molecular weight is 265 g/mol. The van der Waals surface area contributed by atoms with Gasteiger partial charge in [-0.1, -0.05) is 42.0 Å². The van der Waals surface area contributed by atoms with Gasteiger partial charge in [-0.15, -0.1) is 5.10 Å². The van der Waals surface area contributed by atoms with Crippen molar-refractivity contribution in [2.24, 2.45) is 0 Å². The Morgan fingerprint density at radius 2 is 1.95 bits per heavy atom. The highest BCUT2D eigenvalue weighted by atomic mass is 15.5. The number of hydrogen-bond acceptors (Lipinski definition) is 4. The van der Waals surface area contributed by atoms with E-state index in [0.29, 0.717) is 12.2 Å². The van der Waals surface area contributed by atoms with Crippen LogP contribution in [0.2, 0.25) is 0 Å². The Hall–Kier alpha value is -2.69. The molecule has 0 unspecified atom stereocenters. The molecule has 0 aliphatic carbocycles. The maximum Gasteiger partial charge on any atom is 0.182 e. The van der Waals surface area contributed by atoms with Crippen molar-refractivity contribution in [2.45, 2.75) is 13.5 Å². The van der Waals surface area contributed by atoms with Crippen molar-refractivity contribution in [3.63, 3.8) is 0 Å². The fraction of sp³-hybridized carbons (Fsp3) is 0.133. The van der Waals surface area contributed by atoms with E-state index in [-0.39, 0.29) is 0 Å². The van der Waals surface area contributed by atoms with E-state index in [1.165, 1.54) is 11.1 Å². The van der Waals surface area contributed by atoms with Crippen LogP contribution in [0.3, 0.4) is 0 Å². The van der Waals surface area contributed by atoms with Crippen molar-refractivity contribution in [1.82, 2.24) is 20.2 Å². The van der Waals surface area contributed by atoms with Crippen molar-refractivity contribution < 1.29 is 0 Å². The van der Waals surface area contributed by atoms with E-state index in [9.17, 15) is 0 Å². The molecular weight excluding hydrogens is 250 g/mol. The molecule has 2 aromatic carbocycles. The normalized spacial score (nSPS) is 10.7. The van der Waals surface area contributed by atoms with Crippen molar-refractivity contribution in [1.29, 1.82) is 0 Å². The van der Waals surface area contributed by atoms with E-state index in [4.69, 9.17) is 5.73 Å². The fourth-order valence-electron chi connectivity index (χ4n) is 2.18. The second kappa shape index (κ2) is 5.13. The predicted molar refractivity (Wildman–Crippen MR) is 77.9 cm³/mol. The quantitative estimate of drug-likeness (QED) is 0.738. The number of anilines is 1. The van der Waals surface area contributed by atoms with Crippen molar-refractivity contribution >= 4 is 5.69 Å². The Kier molecular flexibility index (Phi) is 3.16. The molecule has 100 valence electrons. The van der Waals surface area contributed by atoms with Crippen LogP contribution >= 0.6 is 0 Å². The van der Waals surface area contributed by atoms with E-state index in [2.05, 4.69) is 40.6 Å². The number of aryl methyl sites for hydroxylation is 1. The maximum absolute atomic E-state index is 5.81. The Balaban J connectivity index is 1.94. The molecule has 0 bridgehead atoms. The average Bonchev–Trinajstić information content (AvgIpc) is 2.87. The first-order chi connectivity index (χ1) is 9.72. The van der Waals surface area contributed by atoms with Crippen LogP contribution < -0.4 is 5.73 Å². The molecule has 1 heterocycles. The molecule has 3 aromatic rings. The summed E-state index contributed by atoms with van der Waals surface area (Å²) in [6, 6.07) is 15.9. The monoisotopic (exact) mass is 265 g/mol. The Morgan fingerprint density at radius 1 is 1.10 bits per heavy atom. The lowest BCUT2D eigenvalue weighted by atomic mass is 10.1. The van der Waals surface area contributed by atoms with E-state index in [1.54, 1.807) is 4.68 Å². The van der Waals surface area contributed by atoms with Gasteiger partial charge >= 0.3 is 0 Å². The van der Waals surface area contributed by atoms with Crippen molar-refractivity contribution in [2.75, 3.05) is 5.73 Å². The van der Waals surface area contributed by atoms with Crippen LogP contribution in [0.1, 0.15) is 11.1 Å². The number of hydrogen-bond donors (Lipinski definition) is 1. The summed E-state index contributed by atoms with van der Waals surface area (Å²) in [6.07, 6.45) is 0. The molecule has 0 spiro atoms. The lowest BCUT2D eigenvalue weighted by Gasteiger charge is -2.06. The van der Waals surface area contributed by atoms with Gasteiger partial charge in [-0.05, 0) is 35.0 Å². The van der Waals surface area contributed by atoms with Gasteiger partial charge in [0.05, 0.1) is 6.54 Å². The summed E-state index contributed by atoms with van der Waals surface area (Å²) >= 11 is 0. The first kappa shape index (κ1) is 12.3. The zero-order valence-corrected chi connectivity index (χ0v) is 11.2. The minimum absolute atomic E-state index is 0.638. The van der Waals surface area contributed by atoms with Gasteiger partial charge < -0.3 is 5.73 Å². The second-order valence-electron chi connectivity index (χ2n) is 4.77. The number of benzene rings is 2. The highest BCUT2D eigenvalue weighted by Gasteiger charge is 2.09. The van der Waals surface area contributed by atoms with Crippen LogP contribution in [0.5, 0.6) is 0 Å². The van der Waals surface area contributed by atoms with Gasteiger partial charge in [-0.25, -0.2) is 4.68 Å². The summed E-state index contributed by atoms with van der Waals surface area (Å²) < 4.78 is 1.78. The van der Waals surface area contributed by atoms with Crippen LogP contribution in [-0.2, 0) is 6.54 Å². The molecule has 20 heavy (non-hydrogen) atoms. The second-order valence-corrected chi connectivity index (χ2v) is 4.77. The maximum atomic E-state index is 5.81. The molecule has 0 radical (unpaired) electrons. The summed E-state index contributed by atoms with van der Waals surface area (Å²) in [7, 11) is 0. The van der Waals surface area contributed by atoms with E-state index >= 15 is 0 Å².